The molecule has 0 unspecified atom stereocenters. The second-order valence-electron chi connectivity index (χ2n) is 4.46. The minimum absolute atomic E-state index is 0.00873. The lowest BCUT2D eigenvalue weighted by Gasteiger charge is -2.05. The predicted octanol–water partition coefficient (Wildman–Crippen LogP) is 2.24. The maximum Gasteiger partial charge on any atom is 0.224 e. The monoisotopic (exact) mass is 277 g/mol. The zero-order valence-corrected chi connectivity index (χ0v) is 11.7. The third kappa shape index (κ3) is 3.58. The molecular formula is C14H16ClN3O. The van der Waals surface area contributed by atoms with Crippen LogP contribution in [0, 0.1) is 6.92 Å². The molecule has 0 aliphatic rings. The van der Waals surface area contributed by atoms with Crippen LogP contribution < -0.4 is 5.32 Å². The summed E-state index contributed by atoms with van der Waals surface area (Å²) in [5, 5.41) is 7.71. The van der Waals surface area contributed by atoms with Crippen molar-refractivity contribution in [3.63, 3.8) is 0 Å². The Bertz CT molecular complexity index is 575. The van der Waals surface area contributed by atoms with Gasteiger partial charge in [-0.05, 0) is 24.6 Å². The lowest BCUT2D eigenvalue weighted by Crippen LogP contribution is -2.24. The van der Waals surface area contributed by atoms with E-state index in [0.29, 0.717) is 18.0 Å². The molecule has 4 nitrogen and oxygen atoms in total. The number of halogens is 1. The summed E-state index contributed by atoms with van der Waals surface area (Å²) in [6.45, 7) is 2.49. The Hall–Kier alpha value is -1.81. The summed E-state index contributed by atoms with van der Waals surface area (Å²) in [5.74, 6) is -0.00873. The maximum absolute atomic E-state index is 11.8. The van der Waals surface area contributed by atoms with E-state index in [4.69, 9.17) is 11.6 Å². The van der Waals surface area contributed by atoms with Crippen molar-refractivity contribution in [2.45, 2.75) is 19.9 Å². The van der Waals surface area contributed by atoms with E-state index in [0.717, 1.165) is 16.8 Å². The topological polar surface area (TPSA) is 46.9 Å². The van der Waals surface area contributed by atoms with Crippen molar-refractivity contribution in [1.82, 2.24) is 15.1 Å². The molecule has 0 radical (unpaired) electrons. The van der Waals surface area contributed by atoms with Crippen LogP contribution in [0.15, 0.2) is 30.5 Å². The summed E-state index contributed by atoms with van der Waals surface area (Å²) in [7, 11) is 1.88. The van der Waals surface area contributed by atoms with Crippen molar-refractivity contribution in [2.75, 3.05) is 0 Å². The molecule has 0 aliphatic heterocycles. The molecular weight excluding hydrogens is 262 g/mol. The molecule has 100 valence electrons. The van der Waals surface area contributed by atoms with Crippen molar-refractivity contribution >= 4 is 17.5 Å². The van der Waals surface area contributed by atoms with Crippen molar-refractivity contribution in [1.29, 1.82) is 0 Å². The molecule has 0 fully saturated rings. The summed E-state index contributed by atoms with van der Waals surface area (Å²) < 4.78 is 1.79. The second kappa shape index (κ2) is 5.89. The first-order valence-electron chi connectivity index (χ1n) is 6.05. The van der Waals surface area contributed by atoms with Crippen LogP contribution in [0.5, 0.6) is 0 Å². The molecule has 1 aromatic heterocycles. The van der Waals surface area contributed by atoms with Crippen LogP contribution in [0.2, 0.25) is 5.02 Å². The van der Waals surface area contributed by atoms with Gasteiger partial charge in [0.1, 0.15) is 0 Å². The van der Waals surface area contributed by atoms with Gasteiger partial charge in [-0.1, -0.05) is 23.7 Å². The molecule has 2 aromatic rings. The van der Waals surface area contributed by atoms with Gasteiger partial charge in [-0.25, -0.2) is 0 Å². The van der Waals surface area contributed by atoms with Crippen LogP contribution in [0.3, 0.4) is 0 Å². The molecule has 0 atom stereocenters. The number of carbonyl (C=O) groups excluding carboxylic acids is 1. The van der Waals surface area contributed by atoms with Gasteiger partial charge in [0.05, 0.1) is 12.6 Å². The lowest BCUT2D eigenvalue weighted by atomic mass is 10.1. The summed E-state index contributed by atoms with van der Waals surface area (Å²) >= 11 is 5.80. The van der Waals surface area contributed by atoms with Crippen LogP contribution in [0.4, 0.5) is 0 Å². The number of hydrogen-bond acceptors (Lipinski definition) is 2. The summed E-state index contributed by atoms with van der Waals surface area (Å²) in [6.07, 6.45) is 2.13. The SMILES string of the molecule is Cc1c(CNC(=O)Cc2ccc(Cl)cc2)cnn1C. The van der Waals surface area contributed by atoms with Gasteiger partial charge in [-0.3, -0.25) is 9.48 Å². The largest absolute Gasteiger partial charge is 0.352 e. The first-order valence-corrected chi connectivity index (χ1v) is 6.42. The average molecular weight is 278 g/mol. The molecule has 19 heavy (non-hydrogen) atoms. The molecule has 2 rings (SSSR count). The predicted molar refractivity (Wildman–Crippen MR) is 74.9 cm³/mol. The van der Waals surface area contributed by atoms with Crippen molar-refractivity contribution in [3.05, 3.63) is 52.3 Å². The van der Waals surface area contributed by atoms with Crippen LogP contribution >= 0.6 is 11.6 Å². The molecule has 0 spiro atoms. The van der Waals surface area contributed by atoms with Gasteiger partial charge >= 0.3 is 0 Å². The van der Waals surface area contributed by atoms with Crippen LogP contribution in [0.25, 0.3) is 0 Å². The first kappa shape index (κ1) is 13.6. The third-order valence-corrected chi connectivity index (χ3v) is 3.34. The summed E-state index contributed by atoms with van der Waals surface area (Å²) in [5.41, 5.74) is 3.04. The zero-order valence-electron chi connectivity index (χ0n) is 11.0. The van der Waals surface area contributed by atoms with Crippen LogP contribution in [0.1, 0.15) is 16.8 Å². The molecule has 0 saturated heterocycles. The van der Waals surface area contributed by atoms with E-state index < -0.39 is 0 Å². The number of nitrogens with zero attached hydrogens (tertiary/aromatic N) is 2. The van der Waals surface area contributed by atoms with Gasteiger partial charge in [0.2, 0.25) is 5.91 Å². The van der Waals surface area contributed by atoms with Gasteiger partial charge in [0, 0.05) is 29.9 Å². The van der Waals surface area contributed by atoms with Gasteiger partial charge in [-0.15, -0.1) is 0 Å². The second-order valence-corrected chi connectivity index (χ2v) is 4.90. The summed E-state index contributed by atoms with van der Waals surface area (Å²) in [6, 6.07) is 7.29. The zero-order chi connectivity index (χ0) is 13.8. The van der Waals surface area contributed by atoms with E-state index in [1.807, 2.05) is 26.1 Å². The van der Waals surface area contributed by atoms with E-state index in [9.17, 15) is 4.79 Å². The normalized spacial score (nSPS) is 10.5. The molecule has 0 saturated carbocycles. The fourth-order valence-corrected chi connectivity index (χ4v) is 1.89. The van der Waals surface area contributed by atoms with Gasteiger partial charge < -0.3 is 5.32 Å². The number of benzene rings is 1. The molecule has 1 heterocycles. The Labute approximate surface area is 117 Å². The highest BCUT2D eigenvalue weighted by atomic mass is 35.5. The fraction of sp³-hybridized carbons (Fsp3) is 0.286. The molecule has 1 amide bonds. The Morgan fingerprint density at radius 1 is 1.37 bits per heavy atom. The van der Waals surface area contributed by atoms with E-state index in [2.05, 4.69) is 10.4 Å². The van der Waals surface area contributed by atoms with Crippen molar-refractivity contribution in [3.8, 4) is 0 Å². The number of aryl methyl sites for hydroxylation is 1. The fourth-order valence-electron chi connectivity index (χ4n) is 1.76. The Kier molecular flexibility index (Phi) is 4.22. The minimum atomic E-state index is -0.00873. The highest BCUT2D eigenvalue weighted by Crippen LogP contribution is 2.10. The number of nitrogens with one attached hydrogen (secondary N) is 1. The maximum atomic E-state index is 11.8. The number of hydrogen-bond donors (Lipinski definition) is 1. The number of carbonyl (C=O) groups is 1. The number of amides is 1. The molecule has 0 aliphatic carbocycles. The number of rotatable bonds is 4. The third-order valence-electron chi connectivity index (χ3n) is 3.09. The minimum Gasteiger partial charge on any atom is -0.352 e. The van der Waals surface area contributed by atoms with E-state index in [1.54, 1.807) is 23.0 Å². The molecule has 1 aromatic carbocycles. The Morgan fingerprint density at radius 3 is 2.63 bits per heavy atom. The van der Waals surface area contributed by atoms with E-state index >= 15 is 0 Å². The van der Waals surface area contributed by atoms with Crippen LogP contribution in [-0.4, -0.2) is 15.7 Å². The van der Waals surface area contributed by atoms with Gasteiger partial charge in [0.25, 0.3) is 0 Å². The Morgan fingerprint density at radius 2 is 2.05 bits per heavy atom. The lowest BCUT2D eigenvalue weighted by molar-refractivity contribution is -0.120. The molecule has 0 bridgehead atoms. The number of aromatic nitrogens is 2. The quantitative estimate of drug-likeness (QED) is 0.932. The highest BCUT2D eigenvalue weighted by Gasteiger charge is 2.07. The van der Waals surface area contributed by atoms with E-state index in [-0.39, 0.29) is 5.91 Å². The Balaban J connectivity index is 1.88. The van der Waals surface area contributed by atoms with Crippen molar-refractivity contribution in [2.24, 2.45) is 7.05 Å². The highest BCUT2D eigenvalue weighted by molar-refractivity contribution is 6.30. The standard InChI is InChI=1S/C14H16ClN3O/c1-10-12(9-17-18(10)2)8-16-14(19)7-11-3-5-13(15)6-4-11/h3-6,9H,7-8H2,1-2H3,(H,16,19). The molecule has 1 N–H and O–H groups in total. The van der Waals surface area contributed by atoms with Gasteiger partial charge in [-0.2, -0.15) is 5.10 Å². The van der Waals surface area contributed by atoms with Crippen molar-refractivity contribution < 1.29 is 4.79 Å². The summed E-state index contributed by atoms with van der Waals surface area (Å²) in [4.78, 5) is 11.8. The average Bonchev–Trinajstić information content (AvgIpc) is 2.70. The first-order chi connectivity index (χ1) is 9.06. The van der Waals surface area contributed by atoms with Crippen LogP contribution in [-0.2, 0) is 24.8 Å². The van der Waals surface area contributed by atoms with Gasteiger partial charge in [0.15, 0.2) is 0 Å². The van der Waals surface area contributed by atoms with E-state index in [1.165, 1.54) is 0 Å². The smallest absolute Gasteiger partial charge is 0.224 e. The molecule has 5 heteroatoms.